The van der Waals surface area contributed by atoms with Crippen LogP contribution in [0.3, 0.4) is 0 Å². The maximum absolute atomic E-state index is 5.88. The van der Waals surface area contributed by atoms with Crippen LogP contribution >= 0.6 is 0 Å². The van der Waals surface area contributed by atoms with Crippen molar-refractivity contribution in [2.45, 2.75) is 96.5 Å². The predicted octanol–water partition coefficient (Wildman–Crippen LogP) is 9.01. The molecule has 0 aromatic rings. The van der Waals surface area contributed by atoms with Gasteiger partial charge in [0.25, 0.3) is 0 Å². The third-order valence-corrected chi connectivity index (χ3v) is 0. The molecule has 0 atom stereocenters. The van der Waals surface area contributed by atoms with Gasteiger partial charge in [0, 0.05) is 9.88 Å². The van der Waals surface area contributed by atoms with Crippen LogP contribution in [-0.4, -0.2) is 0 Å². The van der Waals surface area contributed by atoms with Crippen LogP contribution in [0.5, 0.6) is 0 Å². The number of rotatable bonds is 0. The van der Waals surface area contributed by atoms with E-state index < -0.39 is 0 Å². The van der Waals surface area contributed by atoms with Crippen molar-refractivity contribution in [2.24, 2.45) is 0 Å². The normalized spacial score (nSPS) is 3.80. The lowest BCUT2D eigenvalue weighted by atomic mass is 11.4. The van der Waals surface area contributed by atoms with Crippen molar-refractivity contribution < 1.29 is 11.3 Å². The first-order chi connectivity index (χ1) is 5.24. The van der Waals surface area contributed by atoms with Gasteiger partial charge < -0.3 is 0 Å². The Kier molecular flexibility index (Phi) is 45800. The smallest absolute Gasteiger partial charge is 0.124 e. The summed E-state index contributed by atoms with van der Waals surface area (Å²) in [6, 6.07) is 0. The summed E-state index contributed by atoms with van der Waals surface area (Å²) in [6.45, 7) is 0. The van der Waals surface area contributed by atoms with Gasteiger partial charge in [0.15, 0.2) is 0 Å². The average Bonchev–Trinajstić information content (AvgIpc) is 1.96. The summed E-state index contributed by atoms with van der Waals surface area (Å²) in [5.74, 6) is 0. The Labute approximate surface area is 122 Å². The molecule has 0 aliphatic heterocycles. The molecule has 0 bridgehead atoms. The van der Waals surface area contributed by atoms with Crippen molar-refractivity contribution in [3.05, 3.63) is 0 Å². The Bertz CT molecular complexity index is 57.9. The van der Waals surface area contributed by atoms with E-state index in [0.717, 1.165) is 0 Å². The molecule has 15 heavy (non-hydrogen) atoms. The first-order valence-corrected chi connectivity index (χ1v) is 0.289. The molecule has 0 aliphatic rings. The monoisotopic (exact) mass is 255 g/mol. The van der Waals surface area contributed by atoms with Gasteiger partial charge in [-0.3, -0.25) is 0 Å². The number of hydrogen-bond donors (Lipinski definition) is 0. The van der Waals surface area contributed by atoms with Gasteiger partial charge in [0.2, 0.25) is 0 Å². The molecule has 118 valence electrons. The van der Waals surface area contributed by atoms with Gasteiger partial charge in [-0.05, 0) is 0 Å². The molecule has 0 saturated heterocycles. The minimum Gasteiger partial charge on any atom is -0.124 e. The van der Waals surface area contributed by atoms with Crippen LogP contribution in [0.1, 0.15) is 108 Å². The summed E-state index contributed by atoms with van der Waals surface area (Å²) in [4.78, 5) is 0. The molecule has 0 radical (unpaired) electrons. The van der Waals surface area contributed by atoms with Crippen LogP contribution in [-0.2, 0) is 0 Å². The Morgan fingerprint density at radius 3 is 0.667 bits per heavy atom. The molecule has 0 aromatic heterocycles. The molecule has 0 spiro atoms. The molecule has 0 heterocycles. The zero-order valence-corrected chi connectivity index (χ0v) is 2.49. The fourth-order valence-electron chi connectivity index (χ4n) is 0. The Morgan fingerprint density at radius 2 is 0.667 bits per heavy atom. The van der Waals surface area contributed by atoms with E-state index in [1.807, 2.05) is 0 Å². The highest BCUT2D eigenvalue weighted by molar-refractivity contribution is 4.47. The van der Waals surface area contributed by atoms with E-state index in [4.69, 9.17) is 9.82 Å². The van der Waals surface area contributed by atoms with Crippen molar-refractivity contribution >= 4 is 0 Å². The average molecular weight is 255 g/mol. The second kappa shape index (κ2) is 11000. The van der Waals surface area contributed by atoms with E-state index in [2.05, 4.69) is 6.42 Å². The molecule has 0 aliphatic carbocycles. The third-order valence-electron chi connectivity index (χ3n) is 0. The van der Waals surface area contributed by atoms with Crippen molar-refractivity contribution in [2.75, 3.05) is 0 Å². The minimum atomic E-state index is -0.250. The van der Waals surface area contributed by atoms with Gasteiger partial charge in [0.05, 0.1) is 0 Å². The van der Waals surface area contributed by atoms with Crippen LogP contribution in [0, 0.1) is 12.8 Å². The van der Waals surface area contributed by atoms with E-state index in [-0.39, 0.29) is 97.9 Å². The van der Waals surface area contributed by atoms with Gasteiger partial charge in [0.1, 0.15) is 1.37 Å². The first kappa shape index (κ1) is 62.2. The van der Waals surface area contributed by atoms with Crippen molar-refractivity contribution in [1.29, 1.82) is 0 Å². The zero-order chi connectivity index (χ0) is 10.1. The minimum absolute atomic E-state index is 0. The zero-order valence-electron chi connectivity index (χ0n) is 9.49. The number of hydrogen-bond acceptors (Lipinski definition) is 0. The summed E-state index contributed by atoms with van der Waals surface area (Å²) < 4.78 is 39.2. The molecular weight excluding hydrogens is 180 g/mol. The fourth-order valence-corrected chi connectivity index (χ4v) is 0. The van der Waals surface area contributed by atoms with E-state index in [1.54, 1.807) is 0 Å². The van der Waals surface area contributed by atoms with E-state index in [9.17, 15) is 0 Å². The second-order valence-corrected chi connectivity index (χ2v) is 0. The third kappa shape index (κ3) is 9360. The first-order valence-electron chi connectivity index (χ1n) is 4.62. The standard InChI is InChI=1S/C2H2.13CH4.2H2/c1-2;;;;;;;;;;;;;;;/h1-2H;13*1H4;2*1H/i1T;2*1T2;;;;;;;;;;;;1+2T;1+2. The van der Waals surface area contributed by atoms with Crippen LogP contribution in [0.25, 0.3) is 0 Å². The summed E-state index contributed by atoms with van der Waals surface area (Å²) in [5, 5.41) is 0. The summed E-state index contributed by atoms with van der Waals surface area (Å²) in [7, 11) is -0.500. The largest absolute Gasteiger partial charge is 0.124 e. The second-order valence-electron chi connectivity index (χ2n) is 0. The Hall–Kier alpha value is -0.440. The predicted molar refractivity (Wildman–Crippen MR) is 102 cm³/mol. The number of terminal acetylenes is 1. The molecule has 0 N–H and O–H groups in total. The molecule has 0 heteroatoms. The topological polar surface area (TPSA) is 0 Å². The van der Waals surface area contributed by atoms with Crippen LogP contribution in [0.15, 0.2) is 0 Å². The van der Waals surface area contributed by atoms with E-state index in [0.29, 0.717) is 0 Å². The van der Waals surface area contributed by atoms with Gasteiger partial charge >= 0.3 is 0 Å². The van der Waals surface area contributed by atoms with E-state index in [1.165, 1.54) is 6.40 Å². The molecular formula is C15H58. The highest BCUT2D eigenvalue weighted by Crippen LogP contribution is 0.579. The Morgan fingerprint density at radius 1 is 0.667 bits per heavy atom. The van der Waals surface area contributed by atoms with Gasteiger partial charge in [-0.15, -0.1) is 12.8 Å². The molecule has 0 amide bonds. The maximum atomic E-state index is 5.88. The van der Waals surface area contributed by atoms with Gasteiger partial charge in [-0.25, -0.2) is 0 Å². The summed E-state index contributed by atoms with van der Waals surface area (Å²) in [6.07, 6.45) is 5.76. The Balaban J connectivity index is -0.00000000174. The maximum Gasteiger partial charge on any atom is 0.124 e. The molecule has 0 nitrogen and oxygen atoms in total. The molecule has 0 saturated carbocycles. The quantitative estimate of drug-likeness (QED) is 0.378. The van der Waals surface area contributed by atoms with Crippen LogP contribution in [0.4, 0.5) is 0 Å². The van der Waals surface area contributed by atoms with Gasteiger partial charge in [-0.1, -0.05) is 96.5 Å². The molecule has 0 rings (SSSR count). The summed E-state index contributed by atoms with van der Waals surface area (Å²) >= 11 is 0. The fraction of sp³-hybridized carbons (Fsp3) is 0.867. The van der Waals surface area contributed by atoms with E-state index >= 15 is 0 Å². The van der Waals surface area contributed by atoms with Crippen LogP contribution < -0.4 is 0 Å². The lowest BCUT2D eigenvalue weighted by Gasteiger charge is -0.701. The van der Waals surface area contributed by atoms with Crippen LogP contribution in [0.2, 0.25) is 0 Å². The molecule has 0 aromatic carbocycles. The lowest BCUT2D eigenvalue weighted by Crippen LogP contribution is -0.576. The highest BCUT2D eigenvalue weighted by atomic mass is 12.6. The highest BCUT2D eigenvalue weighted by Gasteiger charge is 0.454. The molecule has 0 unspecified atom stereocenters. The van der Waals surface area contributed by atoms with Crippen molar-refractivity contribution in [3.8, 4) is 12.8 Å². The SMILES string of the molecule is C.C.C.C.C.C.C.C.C.C.C.[3HH].[3H]C#C.[3H]C[3H].[3H]C[3H].[3H][3H]. The van der Waals surface area contributed by atoms with Gasteiger partial charge in [-0.2, -0.15) is 0 Å². The molecule has 0 fully saturated rings. The van der Waals surface area contributed by atoms with Crippen molar-refractivity contribution in [3.63, 3.8) is 0 Å². The van der Waals surface area contributed by atoms with Crippen molar-refractivity contribution in [1.82, 2.24) is 0 Å². The lowest BCUT2D eigenvalue weighted by molar-refractivity contribution is 2.50. The summed E-state index contributed by atoms with van der Waals surface area (Å²) in [5.41, 5.74) is 0.